The van der Waals surface area contributed by atoms with Crippen LogP contribution in [0.25, 0.3) is 5.69 Å². The summed E-state index contributed by atoms with van der Waals surface area (Å²) in [5, 5.41) is 22.1. The molecule has 2 heterocycles. The van der Waals surface area contributed by atoms with Crippen LogP contribution >= 0.6 is 0 Å². The molecule has 168 valence electrons. The lowest BCUT2D eigenvalue weighted by Gasteiger charge is -2.25. The van der Waals surface area contributed by atoms with Gasteiger partial charge in [0.05, 0.1) is 12.1 Å². The minimum Gasteiger partial charge on any atom is -0.505 e. The van der Waals surface area contributed by atoms with Crippen LogP contribution in [-0.4, -0.2) is 37.9 Å². The summed E-state index contributed by atoms with van der Waals surface area (Å²) in [5.41, 5.74) is 2.74. The summed E-state index contributed by atoms with van der Waals surface area (Å²) in [6.45, 7) is 5.41. The molecule has 0 radical (unpaired) electrons. The van der Waals surface area contributed by atoms with E-state index in [9.17, 15) is 19.5 Å². The molecule has 0 spiro atoms. The number of hydrogen-bond donors (Lipinski definition) is 3. The van der Waals surface area contributed by atoms with Gasteiger partial charge in [0.1, 0.15) is 5.75 Å². The number of aliphatic carboxylic acids is 1. The number of benzene rings is 1. The fraction of sp³-hybridized carbons (Fsp3) is 0.261. The number of carboxylic acid groups (broad SMARTS) is 1. The van der Waals surface area contributed by atoms with E-state index in [1.165, 1.54) is 17.8 Å². The average Bonchev–Trinajstić information content (AvgIpc) is 3.07. The van der Waals surface area contributed by atoms with Gasteiger partial charge >= 0.3 is 12.0 Å². The lowest BCUT2D eigenvalue weighted by atomic mass is 10.2. The van der Waals surface area contributed by atoms with E-state index in [2.05, 4.69) is 5.32 Å². The molecule has 0 aliphatic carbocycles. The number of urea groups is 1. The summed E-state index contributed by atoms with van der Waals surface area (Å²) in [6, 6.07) is 10.2. The summed E-state index contributed by atoms with van der Waals surface area (Å²) in [6.07, 6.45) is 1.20. The number of rotatable bonds is 6. The van der Waals surface area contributed by atoms with Crippen LogP contribution in [0.4, 0.5) is 16.2 Å². The average molecular weight is 438 g/mol. The van der Waals surface area contributed by atoms with E-state index >= 15 is 0 Å². The Morgan fingerprint density at radius 1 is 1.09 bits per heavy atom. The molecule has 3 rings (SSSR count). The second-order valence-electron chi connectivity index (χ2n) is 7.61. The Morgan fingerprint density at radius 3 is 2.38 bits per heavy atom. The molecule has 0 unspecified atom stereocenters. The first kappa shape index (κ1) is 22.7. The van der Waals surface area contributed by atoms with Gasteiger partial charge in [0, 0.05) is 42.4 Å². The van der Waals surface area contributed by atoms with Crippen LogP contribution in [0, 0.1) is 20.8 Å². The number of amides is 2. The molecule has 0 saturated heterocycles. The Bertz CT molecular complexity index is 1220. The first-order chi connectivity index (χ1) is 15.1. The van der Waals surface area contributed by atoms with Crippen LogP contribution in [-0.2, 0) is 11.8 Å². The summed E-state index contributed by atoms with van der Waals surface area (Å²) in [7, 11) is 1.53. The zero-order valence-electron chi connectivity index (χ0n) is 18.4. The monoisotopic (exact) mass is 438 g/mol. The van der Waals surface area contributed by atoms with Crippen molar-refractivity contribution in [2.45, 2.75) is 27.2 Å². The maximum absolute atomic E-state index is 13.1. The van der Waals surface area contributed by atoms with Crippen molar-refractivity contribution in [3.05, 3.63) is 69.9 Å². The maximum Gasteiger partial charge on any atom is 0.326 e. The normalized spacial score (nSPS) is 10.8. The molecule has 0 bridgehead atoms. The van der Waals surface area contributed by atoms with Crippen molar-refractivity contribution in [1.82, 2.24) is 14.5 Å². The van der Waals surface area contributed by atoms with E-state index in [0.29, 0.717) is 11.3 Å². The van der Waals surface area contributed by atoms with Crippen molar-refractivity contribution in [3.8, 4) is 11.4 Å². The van der Waals surface area contributed by atoms with Gasteiger partial charge in [-0.15, -0.1) is 0 Å². The van der Waals surface area contributed by atoms with Crippen molar-refractivity contribution < 1.29 is 19.8 Å². The molecule has 0 fully saturated rings. The lowest BCUT2D eigenvalue weighted by molar-refractivity contribution is -0.136. The van der Waals surface area contributed by atoms with Crippen LogP contribution in [0.5, 0.6) is 5.75 Å². The topological polar surface area (TPSA) is 117 Å². The number of carbonyl (C=O) groups is 2. The number of nitrogens with zero attached hydrogens (tertiary/aromatic N) is 3. The molecule has 2 aromatic heterocycles. The van der Waals surface area contributed by atoms with Gasteiger partial charge in [0.15, 0.2) is 5.69 Å². The Balaban J connectivity index is 2.17. The number of nitrogens with one attached hydrogen (secondary N) is 1. The Kier molecular flexibility index (Phi) is 6.38. The van der Waals surface area contributed by atoms with Gasteiger partial charge in [-0.05, 0) is 51.1 Å². The van der Waals surface area contributed by atoms with E-state index in [-0.39, 0.29) is 24.4 Å². The number of aromatic nitrogens is 2. The molecule has 2 amide bonds. The number of carboxylic acids is 1. The van der Waals surface area contributed by atoms with Gasteiger partial charge in [0.2, 0.25) is 0 Å². The van der Waals surface area contributed by atoms with Gasteiger partial charge in [-0.25, -0.2) is 4.79 Å². The highest BCUT2D eigenvalue weighted by Gasteiger charge is 2.26. The van der Waals surface area contributed by atoms with Gasteiger partial charge < -0.3 is 24.7 Å². The van der Waals surface area contributed by atoms with Crippen LogP contribution in [0.3, 0.4) is 0 Å². The first-order valence-electron chi connectivity index (χ1n) is 10.1. The van der Waals surface area contributed by atoms with E-state index in [0.717, 1.165) is 22.0 Å². The fourth-order valence-electron chi connectivity index (χ4n) is 3.62. The smallest absolute Gasteiger partial charge is 0.326 e. The molecule has 0 aliphatic heterocycles. The van der Waals surface area contributed by atoms with Gasteiger partial charge in [-0.1, -0.05) is 6.07 Å². The first-order valence-corrected chi connectivity index (χ1v) is 10.1. The molecule has 9 heteroatoms. The second kappa shape index (κ2) is 9.01. The number of anilines is 2. The van der Waals surface area contributed by atoms with E-state index in [4.69, 9.17) is 5.11 Å². The van der Waals surface area contributed by atoms with E-state index in [1.807, 2.05) is 36.6 Å². The molecule has 3 N–H and O–H groups in total. The largest absolute Gasteiger partial charge is 0.505 e. The van der Waals surface area contributed by atoms with Crippen molar-refractivity contribution in [2.75, 3.05) is 11.4 Å². The van der Waals surface area contributed by atoms with Crippen molar-refractivity contribution in [1.29, 1.82) is 0 Å². The maximum atomic E-state index is 13.1. The third kappa shape index (κ3) is 4.36. The molecule has 1 aromatic carbocycles. The van der Waals surface area contributed by atoms with Crippen LogP contribution in [0.1, 0.15) is 23.4 Å². The van der Waals surface area contributed by atoms with Crippen molar-refractivity contribution in [2.24, 2.45) is 7.05 Å². The molecule has 32 heavy (non-hydrogen) atoms. The third-order valence-electron chi connectivity index (χ3n) is 5.17. The van der Waals surface area contributed by atoms with Crippen molar-refractivity contribution in [3.63, 3.8) is 0 Å². The number of aryl methyl sites for hydroxylation is 4. The fourth-order valence-corrected chi connectivity index (χ4v) is 3.62. The molecular weight excluding hydrogens is 412 g/mol. The standard InChI is InChI=1S/C23H26N4O5/c1-14-13-25(4)22(31)20(21(14)30)27(23(32)24-11-10-19(28)29)18-7-5-6-17(12-18)26-15(2)8-9-16(26)3/h5-9,12-13,30H,10-11H2,1-4H3,(H,24,32)(H,28,29). The molecule has 0 saturated carbocycles. The quantitative estimate of drug-likeness (QED) is 0.547. The predicted octanol–water partition coefficient (Wildman–Crippen LogP) is 3.13. The highest BCUT2D eigenvalue weighted by Crippen LogP contribution is 2.33. The molecule has 0 aliphatic rings. The Morgan fingerprint density at radius 2 is 1.75 bits per heavy atom. The lowest BCUT2D eigenvalue weighted by Crippen LogP contribution is -2.41. The van der Waals surface area contributed by atoms with Gasteiger partial charge in [-0.2, -0.15) is 0 Å². The predicted molar refractivity (Wildman–Crippen MR) is 121 cm³/mol. The molecule has 0 atom stereocenters. The highest BCUT2D eigenvalue weighted by molar-refractivity contribution is 6.01. The number of carbonyl (C=O) groups excluding carboxylic acids is 1. The van der Waals surface area contributed by atoms with E-state index in [1.54, 1.807) is 25.1 Å². The molecule has 9 nitrogen and oxygen atoms in total. The summed E-state index contributed by atoms with van der Waals surface area (Å²) >= 11 is 0. The SMILES string of the molecule is Cc1cn(C)c(=O)c(N(C(=O)NCCC(=O)O)c2cccc(-n3c(C)ccc3C)c2)c1O. The molecular formula is C23H26N4O5. The zero-order chi connectivity index (χ0) is 23.6. The zero-order valence-corrected chi connectivity index (χ0v) is 18.4. The number of aromatic hydroxyl groups is 1. The minimum atomic E-state index is -1.06. The summed E-state index contributed by atoms with van der Waals surface area (Å²) in [5.74, 6) is -1.38. The van der Waals surface area contributed by atoms with Gasteiger partial charge in [-0.3, -0.25) is 14.5 Å². The number of hydrogen-bond acceptors (Lipinski definition) is 4. The third-order valence-corrected chi connectivity index (χ3v) is 5.17. The Hall–Kier alpha value is -4.01. The van der Waals surface area contributed by atoms with Crippen LogP contribution in [0.2, 0.25) is 0 Å². The number of pyridine rings is 1. The van der Waals surface area contributed by atoms with E-state index < -0.39 is 17.6 Å². The Labute approximate surface area is 185 Å². The van der Waals surface area contributed by atoms with Crippen molar-refractivity contribution >= 4 is 23.4 Å². The van der Waals surface area contributed by atoms with Crippen LogP contribution in [0.15, 0.2) is 47.4 Å². The summed E-state index contributed by atoms with van der Waals surface area (Å²) < 4.78 is 3.28. The minimum absolute atomic E-state index is 0.132. The highest BCUT2D eigenvalue weighted by atomic mass is 16.4. The second-order valence-corrected chi connectivity index (χ2v) is 7.61. The van der Waals surface area contributed by atoms with Crippen LogP contribution < -0.4 is 15.8 Å². The summed E-state index contributed by atoms with van der Waals surface area (Å²) in [4.78, 5) is 38.0. The molecule has 3 aromatic rings. The van der Waals surface area contributed by atoms with Gasteiger partial charge in [0.25, 0.3) is 5.56 Å².